The summed E-state index contributed by atoms with van der Waals surface area (Å²) in [5.74, 6) is 0.623. The molecular weight excluding hydrogens is 278 g/mol. The van der Waals surface area contributed by atoms with Crippen molar-refractivity contribution in [1.29, 1.82) is 0 Å². The van der Waals surface area contributed by atoms with Gasteiger partial charge in [0, 0.05) is 18.3 Å². The molecule has 0 unspecified atom stereocenters. The number of nitrogens with zero attached hydrogens (tertiary/aromatic N) is 3. The number of pyridine rings is 1. The van der Waals surface area contributed by atoms with Crippen molar-refractivity contribution in [3.05, 3.63) is 34.7 Å². The summed E-state index contributed by atoms with van der Waals surface area (Å²) in [4.78, 5) is 7.15. The van der Waals surface area contributed by atoms with Crippen LogP contribution >= 0.6 is 15.9 Å². The van der Waals surface area contributed by atoms with Crippen molar-refractivity contribution < 1.29 is 0 Å². The van der Waals surface area contributed by atoms with Gasteiger partial charge < -0.3 is 9.30 Å². The Kier molecular flexibility index (Phi) is 2.92. The largest absolute Gasteiger partial charge is 0.306 e. The SMILES string of the molecule is CN1CCC(c2cn3cccc(Br)c3n2)CC1. The molecule has 0 amide bonds. The van der Waals surface area contributed by atoms with E-state index in [0.717, 1.165) is 10.1 Å². The lowest BCUT2D eigenvalue weighted by molar-refractivity contribution is 0.253. The first kappa shape index (κ1) is 11.2. The molecule has 0 bridgehead atoms. The van der Waals surface area contributed by atoms with E-state index in [-0.39, 0.29) is 0 Å². The molecule has 0 aromatic carbocycles. The quantitative estimate of drug-likeness (QED) is 0.806. The summed E-state index contributed by atoms with van der Waals surface area (Å²) in [7, 11) is 2.19. The second-order valence-corrected chi connectivity index (χ2v) is 5.68. The Labute approximate surface area is 110 Å². The Balaban J connectivity index is 1.93. The zero-order valence-corrected chi connectivity index (χ0v) is 11.5. The van der Waals surface area contributed by atoms with E-state index in [1.54, 1.807) is 0 Å². The molecule has 0 radical (unpaired) electrons. The highest BCUT2D eigenvalue weighted by Crippen LogP contribution is 2.28. The van der Waals surface area contributed by atoms with Gasteiger partial charge in [-0.25, -0.2) is 4.98 Å². The molecule has 0 saturated carbocycles. The van der Waals surface area contributed by atoms with E-state index in [1.807, 2.05) is 12.1 Å². The molecule has 0 atom stereocenters. The first-order chi connectivity index (χ1) is 8.24. The zero-order chi connectivity index (χ0) is 11.8. The minimum Gasteiger partial charge on any atom is -0.306 e. The molecule has 3 heterocycles. The number of rotatable bonds is 1. The Bertz CT molecular complexity index is 526. The fourth-order valence-corrected chi connectivity index (χ4v) is 2.94. The first-order valence-electron chi connectivity index (χ1n) is 6.06. The van der Waals surface area contributed by atoms with Crippen molar-refractivity contribution in [3.63, 3.8) is 0 Å². The molecule has 90 valence electrons. The van der Waals surface area contributed by atoms with Crippen LogP contribution in [0.4, 0.5) is 0 Å². The number of piperidine rings is 1. The Morgan fingerprint density at radius 1 is 1.35 bits per heavy atom. The summed E-state index contributed by atoms with van der Waals surface area (Å²) in [6.45, 7) is 2.36. The molecule has 2 aromatic heterocycles. The molecule has 1 saturated heterocycles. The number of halogens is 1. The monoisotopic (exact) mass is 293 g/mol. The molecule has 3 nitrogen and oxygen atoms in total. The van der Waals surface area contributed by atoms with Gasteiger partial charge in [0.25, 0.3) is 0 Å². The van der Waals surface area contributed by atoms with E-state index in [1.165, 1.54) is 31.6 Å². The van der Waals surface area contributed by atoms with Crippen molar-refractivity contribution in [3.8, 4) is 0 Å². The third-order valence-corrected chi connectivity index (χ3v) is 4.21. The highest BCUT2D eigenvalue weighted by Gasteiger charge is 2.20. The van der Waals surface area contributed by atoms with Gasteiger partial charge in [0.1, 0.15) is 0 Å². The van der Waals surface area contributed by atoms with Gasteiger partial charge in [0.15, 0.2) is 5.65 Å². The molecule has 0 aliphatic carbocycles. The molecule has 17 heavy (non-hydrogen) atoms. The smallest absolute Gasteiger partial charge is 0.151 e. The van der Waals surface area contributed by atoms with E-state index < -0.39 is 0 Å². The van der Waals surface area contributed by atoms with Crippen molar-refractivity contribution in [2.45, 2.75) is 18.8 Å². The van der Waals surface area contributed by atoms with Gasteiger partial charge in [-0.05, 0) is 61.0 Å². The summed E-state index contributed by atoms with van der Waals surface area (Å²) < 4.78 is 3.18. The van der Waals surface area contributed by atoms with Crippen LogP contribution in [-0.4, -0.2) is 34.4 Å². The number of imidazole rings is 1. The van der Waals surface area contributed by atoms with Gasteiger partial charge in [-0.15, -0.1) is 0 Å². The van der Waals surface area contributed by atoms with Crippen LogP contribution in [0.25, 0.3) is 5.65 Å². The lowest BCUT2D eigenvalue weighted by atomic mass is 9.94. The van der Waals surface area contributed by atoms with E-state index in [4.69, 9.17) is 4.98 Å². The zero-order valence-electron chi connectivity index (χ0n) is 9.93. The minimum absolute atomic E-state index is 0.623. The lowest BCUT2D eigenvalue weighted by Gasteiger charge is -2.27. The van der Waals surface area contributed by atoms with E-state index in [2.05, 4.69) is 44.7 Å². The molecular formula is C13H16BrN3. The summed E-state index contributed by atoms with van der Waals surface area (Å²) in [5, 5.41) is 0. The Morgan fingerprint density at radius 2 is 2.12 bits per heavy atom. The van der Waals surface area contributed by atoms with Gasteiger partial charge in [-0.3, -0.25) is 0 Å². The molecule has 0 N–H and O–H groups in total. The number of fused-ring (bicyclic) bond motifs is 1. The summed E-state index contributed by atoms with van der Waals surface area (Å²) in [6, 6.07) is 4.08. The predicted molar refractivity (Wildman–Crippen MR) is 72.4 cm³/mol. The maximum atomic E-state index is 4.76. The van der Waals surface area contributed by atoms with Crippen LogP contribution in [0.15, 0.2) is 29.0 Å². The number of likely N-dealkylation sites (tertiary alicyclic amines) is 1. The van der Waals surface area contributed by atoms with Gasteiger partial charge >= 0.3 is 0 Å². The molecule has 1 fully saturated rings. The van der Waals surface area contributed by atoms with E-state index >= 15 is 0 Å². The van der Waals surface area contributed by atoms with Crippen LogP contribution in [0.3, 0.4) is 0 Å². The Hall–Kier alpha value is -0.870. The van der Waals surface area contributed by atoms with Gasteiger partial charge in [-0.1, -0.05) is 0 Å². The van der Waals surface area contributed by atoms with Crippen molar-refractivity contribution in [2.75, 3.05) is 20.1 Å². The molecule has 0 spiro atoms. The predicted octanol–water partition coefficient (Wildman–Crippen LogP) is 2.91. The summed E-state index contributed by atoms with van der Waals surface area (Å²) in [6.07, 6.45) is 6.68. The molecule has 3 rings (SSSR count). The van der Waals surface area contributed by atoms with Gasteiger partial charge in [0.05, 0.1) is 10.2 Å². The third kappa shape index (κ3) is 2.11. The van der Waals surface area contributed by atoms with Crippen molar-refractivity contribution in [2.24, 2.45) is 0 Å². The van der Waals surface area contributed by atoms with Crippen LogP contribution < -0.4 is 0 Å². The fraction of sp³-hybridized carbons (Fsp3) is 0.462. The van der Waals surface area contributed by atoms with Crippen LogP contribution in [0.1, 0.15) is 24.5 Å². The maximum absolute atomic E-state index is 4.76. The highest BCUT2D eigenvalue weighted by atomic mass is 79.9. The van der Waals surface area contributed by atoms with Crippen LogP contribution in [0, 0.1) is 0 Å². The van der Waals surface area contributed by atoms with Crippen molar-refractivity contribution >= 4 is 21.6 Å². The van der Waals surface area contributed by atoms with E-state index in [0.29, 0.717) is 5.92 Å². The molecule has 1 aliphatic rings. The minimum atomic E-state index is 0.623. The summed E-state index contributed by atoms with van der Waals surface area (Å²) >= 11 is 3.55. The number of hydrogen-bond donors (Lipinski definition) is 0. The van der Waals surface area contributed by atoms with Gasteiger partial charge in [-0.2, -0.15) is 0 Å². The van der Waals surface area contributed by atoms with Crippen LogP contribution in [-0.2, 0) is 0 Å². The number of aromatic nitrogens is 2. The van der Waals surface area contributed by atoms with Gasteiger partial charge in [0.2, 0.25) is 0 Å². The number of hydrogen-bond acceptors (Lipinski definition) is 2. The topological polar surface area (TPSA) is 20.5 Å². The van der Waals surface area contributed by atoms with Crippen LogP contribution in [0.5, 0.6) is 0 Å². The lowest BCUT2D eigenvalue weighted by Crippen LogP contribution is -2.29. The third-order valence-electron chi connectivity index (χ3n) is 3.59. The second kappa shape index (κ2) is 4.42. The van der Waals surface area contributed by atoms with Crippen LogP contribution in [0.2, 0.25) is 0 Å². The molecule has 2 aromatic rings. The highest BCUT2D eigenvalue weighted by molar-refractivity contribution is 9.10. The Morgan fingerprint density at radius 3 is 2.82 bits per heavy atom. The normalized spacial score (nSPS) is 18.9. The molecule has 4 heteroatoms. The summed E-state index contributed by atoms with van der Waals surface area (Å²) in [5.41, 5.74) is 2.27. The first-order valence-corrected chi connectivity index (χ1v) is 6.85. The fourth-order valence-electron chi connectivity index (χ4n) is 2.50. The maximum Gasteiger partial charge on any atom is 0.151 e. The van der Waals surface area contributed by atoms with Crippen molar-refractivity contribution in [1.82, 2.24) is 14.3 Å². The average Bonchev–Trinajstić information content (AvgIpc) is 2.75. The van der Waals surface area contributed by atoms with E-state index in [9.17, 15) is 0 Å². The second-order valence-electron chi connectivity index (χ2n) is 4.83. The standard InChI is InChI=1S/C13H16BrN3/c1-16-7-4-10(5-8-16)12-9-17-6-2-3-11(14)13(17)15-12/h2-3,6,9-10H,4-5,7-8H2,1H3. The molecule has 1 aliphatic heterocycles. The average molecular weight is 294 g/mol.